The lowest BCUT2D eigenvalue weighted by atomic mass is 10.1. The van der Waals surface area contributed by atoms with Crippen molar-refractivity contribution in [3.05, 3.63) is 29.1 Å². The summed E-state index contributed by atoms with van der Waals surface area (Å²) in [7, 11) is 1.67. The van der Waals surface area contributed by atoms with Gasteiger partial charge in [-0.15, -0.1) is 11.3 Å². The van der Waals surface area contributed by atoms with Gasteiger partial charge in [-0.05, 0) is 47.9 Å². The Morgan fingerprint density at radius 1 is 1.47 bits per heavy atom. The third-order valence-corrected chi connectivity index (χ3v) is 3.39. The molecule has 0 bridgehead atoms. The van der Waals surface area contributed by atoms with Crippen LogP contribution in [0.4, 0.5) is 0 Å². The summed E-state index contributed by atoms with van der Waals surface area (Å²) in [6.07, 6.45) is 0.404. The average Bonchev–Trinajstić information content (AvgIpc) is 2.60. The molecule has 1 unspecified atom stereocenters. The second-order valence-corrected chi connectivity index (χ2v) is 4.59. The van der Waals surface area contributed by atoms with Gasteiger partial charge in [-0.2, -0.15) is 0 Å². The Bertz CT molecular complexity index is 460. The lowest BCUT2D eigenvalue weighted by molar-refractivity contribution is 0.196. The molecule has 0 amide bonds. The highest BCUT2D eigenvalue weighted by Gasteiger charge is 2.07. The van der Waals surface area contributed by atoms with Gasteiger partial charge in [0.05, 0.1) is 13.2 Å². The fraction of sp³-hybridized carbons (Fsp3) is 0.333. The number of hydrogen-bond acceptors (Lipinski definition) is 3. The summed E-state index contributed by atoms with van der Waals surface area (Å²) >= 11 is 1.71. The van der Waals surface area contributed by atoms with E-state index in [0.29, 0.717) is 6.42 Å². The van der Waals surface area contributed by atoms with Crippen molar-refractivity contribution in [3.8, 4) is 5.75 Å². The molecule has 3 heteroatoms. The lowest BCUT2D eigenvalue weighted by Crippen LogP contribution is -2.03. The Kier molecular flexibility index (Phi) is 2.93. The largest absolute Gasteiger partial charge is 0.497 e. The van der Waals surface area contributed by atoms with E-state index in [2.05, 4.69) is 11.4 Å². The van der Waals surface area contributed by atoms with Crippen LogP contribution in [0.1, 0.15) is 12.5 Å². The number of hydrogen-bond donors (Lipinski definition) is 1. The van der Waals surface area contributed by atoms with E-state index < -0.39 is 0 Å². The predicted octanol–water partition coefficient (Wildman–Crippen LogP) is 2.83. The monoisotopic (exact) mass is 222 g/mol. The van der Waals surface area contributed by atoms with Gasteiger partial charge in [0, 0.05) is 4.70 Å². The summed E-state index contributed by atoms with van der Waals surface area (Å²) in [6, 6.07) is 6.05. The van der Waals surface area contributed by atoms with Crippen molar-refractivity contribution in [3.63, 3.8) is 0 Å². The quantitative estimate of drug-likeness (QED) is 0.865. The van der Waals surface area contributed by atoms with Crippen LogP contribution in [0.3, 0.4) is 0 Å². The lowest BCUT2D eigenvalue weighted by Gasteiger charge is -2.04. The Hall–Kier alpha value is -1.06. The molecular weight excluding hydrogens is 208 g/mol. The Morgan fingerprint density at radius 2 is 2.27 bits per heavy atom. The first kappa shape index (κ1) is 10.5. The van der Waals surface area contributed by atoms with Gasteiger partial charge in [0.2, 0.25) is 0 Å². The van der Waals surface area contributed by atoms with Crippen molar-refractivity contribution in [2.45, 2.75) is 19.4 Å². The zero-order valence-electron chi connectivity index (χ0n) is 8.86. The van der Waals surface area contributed by atoms with Gasteiger partial charge in [0.25, 0.3) is 0 Å². The second-order valence-electron chi connectivity index (χ2n) is 3.68. The topological polar surface area (TPSA) is 29.5 Å². The highest BCUT2D eigenvalue weighted by molar-refractivity contribution is 7.17. The van der Waals surface area contributed by atoms with Crippen LogP contribution in [0.25, 0.3) is 10.1 Å². The van der Waals surface area contributed by atoms with E-state index in [9.17, 15) is 5.11 Å². The minimum Gasteiger partial charge on any atom is -0.497 e. The zero-order chi connectivity index (χ0) is 10.8. The van der Waals surface area contributed by atoms with Gasteiger partial charge < -0.3 is 9.84 Å². The van der Waals surface area contributed by atoms with Crippen molar-refractivity contribution in [1.29, 1.82) is 0 Å². The van der Waals surface area contributed by atoms with E-state index >= 15 is 0 Å². The minimum atomic E-state index is -0.297. The molecule has 2 aromatic rings. The van der Waals surface area contributed by atoms with Crippen molar-refractivity contribution in [1.82, 2.24) is 0 Å². The van der Waals surface area contributed by atoms with Crippen LogP contribution in [0.15, 0.2) is 23.6 Å². The number of benzene rings is 1. The van der Waals surface area contributed by atoms with Crippen molar-refractivity contribution >= 4 is 21.4 Å². The highest BCUT2D eigenvalue weighted by Crippen LogP contribution is 2.30. The fourth-order valence-corrected chi connectivity index (χ4v) is 2.62. The standard InChI is InChI=1S/C12H14O2S/c1-8(13)5-9-7-15-12-4-3-10(14-2)6-11(9)12/h3-4,6-8,13H,5H2,1-2H3. The first-order valence-corrected chi connectivity index (χ1v) is 5.81. The van der Waals surface area contributed by atoms with Gasteiger partial charge >= 0.3 is 0 Å². The van der Waals surface area contributed by atoms with E-state index in [0.717, 1.165) is 5.75 Å². The molecule has 1 aromatic heterocycles. The molecule has 0 saturated carbocycles. The number of rotatable bonds is 3. The third-order valence-electron chi connectivity index (χ3n) is 2.38. The third kappa shape index (κ3) is 2.13. The van der Waals surface area contributed by atoms with Crippen molar-refractivity contribution < 1.29 is 9.84 Å². The molecule has 0 aliphatic heterocycles. The summed E-state index contributed by atoms with van der Waals surface area (Å²) in [4.78, 5) is 0. The summed E-state index contributed by atoms with van der Waals surface area (Å²) in [5, 5.41) is 12.7. The Morgan fingerprint density at radius 3 is 2.93 bits per heavy atom. The maximum atomic E-state index is 9.38. The van der Waals surface area contributed by atoms with Gasteiger partial charge in [-0.1, -0.05) is 0 Å². The number of thiophene rings is 1. The Balaban J connectivity index is 2.46. The molecule has 1 aromatic carbocycles. The smallest absolute Gasteiger partial charge is 0.119 e. The number of fused-ring (bicyclic) bond motifs is 1. The average molecular weight is 222 g/mol. The summed E-state index contributed by atoms with van der Waals surface area (Å²) in [5.41, 5.74) is 1.20. The molecular formula is C12H14O2S. The van der Waals surface area contributed by atoms with E-state index in [4.69, 9.17) is 4.74 Å². The van der Waals surface area contributed by atoms with E-state index in [-0.39, 0.29) is 6.10 Å². The number of aliphatic hydroxyl groups is 1. The van der Waals surface area contributed by atoms with Gasteiger partial charge in [-0.3, -0.25) is 0 Å². The number of ether oxygens (including phenoxy) is 1. The second kappa shape index (κ2) is 4.21. The number of aliphatic hydroxyl groups excluding tert-OH is 1. The van der Waals surface area contributed by atoms with Crippen molar-refractivity contribution in [2.75, 3.05) is 7.11 Å². The molecule has 0 aliphatic carbocycles. The van der Waals surface area contributed by atoms with Crippen molar-refractivity contribution in [2.24, 2.45) is 0 Å². The molecule has 1 atom stereocenters. The maximum absolute atomic E-state index is 9.38. The molecule has 1 heterocycles. The van der Waals surface area contributed by atoms with Crippen LogP contribution in [0.2, 0.25) is 0 Å². The zero-order valence-corrected chi connectivity index (χ0v) is 9.67. The molecule has 0 fully saturated rings. The molecule has 1 N–H and O–H groups in total. The Labute approximate surface area is 93.1 Å². The molecule has 80 valence electrons. The molecule has 2 nitrogen and oxygen atoms in total. The van der Waals surface area contributed by atoms with E-state index in [1.165, 1.54) is 15.6 Å². The molecule has 15 heavy (non-hydrogen) atoms. The normalized spacial score (nSPS) is 13.0. The van der Waals surface area contributed by atoms with Crippen LogP contribution in [-0.2, 0) is 6.42 Å². The highest BCUT2D eigenvalue weighted by atomic mass is 32.1. The summed E-state index contributed by atoms with van der Waals surface area (Å²) in [6.45, 7) is 1.81. The first-order valence-electron chi connectivity index (χ1n) is 4.93. The minimum absolute atomic E-state index is 0.297. The molecule has 0 saturated heterocycles. The first-order chi connectivity index (χ1) is 7.20. The predicted molar refractivity (Wildman–Crippen MR) is 63.8 cm³/mol. The molecule has 0 spiro atoms. The van der Waals surface area contributed by atoms with Gasteiger partial charge in [-0.25, -0.2) is 0 Å². The molecule has 0 radical (unpaired) electrons. The van der Waals surface area contributed by atoms with Gasteiger partial charge in [0.1, 0.15) is 5.75 Å². The van der Waals surface area contributed by atoms with Crippen LogP contribution >= 0.6 is 11.3 Å². The van der Waals surface area contributed by atoms with Crippen LogP contribution in [0.5, 0.6) is 5.75 Å². The summed E-state index contributed by atoms with van der Waals surface area (Å²) < 4.78 is 6.44. The van der Waals surface area contributed by atoms with E-state index in [1.54, 1.807) is 18.4 Å². The summed E-state index contributed by atoms with van der Waals surface area (Å²) in [5.74, 6) is 0.868. The van der Waals surface area contributed by atoms with Crippen LogP contribution < -0.4 is 4.74 Å². The fourth-order valence-electron chi connectivity index (χ4n) is 1.66. The number of methoxy groups -OCH3 is 1. The van der Waals surface area contributed by atoms with Crippen LogP contribution in [0, 0.1) is 0 Å². The molecule has 0 aliphatic rings. The van der Waals surface area contributed by atoms with Gasteiger partial charge in [0.15, 0.2) is 0 Å². The maximum Gasteiger partial charge on any atom is 0.119 e. The van der Waals surface area contributed by atoms with Crippen LogP contribution in [-0.4, -0.2) is 18.3 Å². The molecule has 2 rings (SSSR count). The van der Waals surface area contributed by atoms with E-state index in [1.807, 2.05) is 19.1 Å². The SMILES string of the molecule is COc1ccc2scc(CC(C)O)c2c1.